The molecule has 10 heteroatoms. The van der Waals surface area contributed by atoms with E-state index in [0.29, 0.717) is 0 Å². The van der Waals surface area contributed by atoms with Crippen LogP contribution in [0.2, 0.25) is 0 Å². The summed E-state index contributed by atoms with van der Waals surface area (Å²) in [4.78, 5) is 27.4. The van der Waals surface area contributed by atoms with Crippen LogP contribution in [0.1, 0.15) is 20.8 Å². The molecule has 2 rings (SSSR count). The molecule has 0 atom stereocenters. The van der Waals surface area contributed by atoms with Crippen LogP contribution in [0.4, 0.5) is 11.4 Å². The number of hydrogen-bond donors (Lipinski definition) is 3. The second-order valence-electron chi connectivity index (χ2n) is 5.96. The van der Waals surface area contributed by atoms with E-state index in [9.17, 15) is 23.1 Å². The molecule has 0 saturated heterocycles. The van der Waals surface area contributed by atoms with E-state index in [-0.39, 0.29) is 60.8 Å². The summed E-state index contributed by atoms with van der Waals surface area (Å²) in [5.41, 5.74) is 0.182. The maximum atomic E-state index is 12.7. The Labute approximate surface area is 182 Å². The summed E-state index contributed by atoms with van der Waals surface area (Å²) in [5, 5.41) is 14.5. The standard InChI is InChI=1S/C17H18N3O5S.Y/c1-11(21)19-13-8-7-12(10-14(13)22)20-16(23)17(2,3)26(24,25)15-6-4-5-9-18-15;/h4-6,8-10,22H,1-3H3,(H,19,21)(H,20,23);/q-1;. The molecule has 0 aliphatic carbocycles. The van der Waals surface area contributed by atoms with Crippen LogP contribution in [0.25, 0.3) is 0 Å². The number of phenols is 1. The van der Waals surface area contributed by atoms with Crippen molar-refractivity contribution in [2.24, 2.45) is 0 Å². The summed E-state index contributed by atoms with van der Waals surface area (Å²) in [5.74, 6) is -1.49. The third kappa shape index (κ3) is 5.12. The maximum Gasteiger partial charge on any atom is 0.243 e. The number of rotatable bonds is 5. The van der Waals surface area contributed by atoms with E-state index in [1.54, 1.807) is 6.07 Å². The number of benzene rings is 1. The smallest absolute Gasteiger partial charge is 0.243 e. The van der Waals surface area contributed by atoms with Gasteiger partial charge in [-0.1, -0.05) is 11.8 Å². The number of sulfone groups is 1. The molecule has 1 heterocycles. The van der Waals surface area contributed by atoms with E-state index in [2.05, 4.69) is 21.7 Å². The molecule has 8 nitrogen and oxygen atoms in total. The largest absolute Gasteiger partial charge is 0.531 e. The number of anilines is 2. The fourth-order valence-electron chi connectivity index (χ4n) is 2.00. The van der Waals surface area contributed by atoms with Gasteiger partial charge >= 0.3 is 0 Å². The third-order valence-electron chi connectivity index (χ3n) is 3.62. The van der Waals surface area contributed by atoms with E-state index < -0.39 is 20.5 Å². The second kappa shape index (κ2) is 8.90. The number of nitrogens with zero attached hydrogens (tertiary/aromatic N) is 1. The van der Waals surface area contributed by atoms with Gasteiger partial charge in [-0.25, -0.2) is 13.4 Å². The molecular weight excluding hydrogens is 447 g/mol. The quantitative estimate of drug-likeness (QED) is 0.456. The van der Waals surface area contributed by atoms with Crippen LogP contribution in [0.5, 0.6) is 5.75 Å². The summed E-state index contributed by atoms with van der Waals surface area (Å²) >= 11 is 0. The number of phenolic OH excluding ortho intramolecular Hbond substituents is 1. The molecule has 1 aromatic heterocycles. The fourth-order valence-corrected chi connectivity index (χ4v) is 3.28. The minimum Gasteiger partial charge on any atom is -0.531 e. The Balaban J connectivity index is 0.00000364. The van der Waals surface area contributed by atoms with Crippen LogP contribution in [0, 0.1) is 6.07 Å². The van der Waals surface area contributed by atoms with Crippen LogP contribution >= 0.6 is 0 Å². The Bertz CT molecular complexity index is 946. The van der Waals surface area contributed by atoms with Crippen molar-refractivity contribution >= 4 is 33.0 Å². The molecule has 0 fully saturated rings. The van der Waals surface area contributed by atoms with E-state index in [4.69, 9.17) is 0 Å². The van der Waals surface area contributed by atoms with Crippen molar-refractivity contribution in [1.29, 1.82) is 0 Å². The molecule has 0 saturated carbocycles. The van der Waals surface area contributed by atoms with Crippen LogP contribution in [0.15, 0.2) is 41.6 Å². The summed E-state index contributed by atoms with van der Waals surface area (Å²) in [6.07, 6.45) is 1.33. The Morgan fingerprint density at radius 2 is 1.89 bits per heavy atom. The van der Waals surface area contributed by atoms with Gasteiger partial charge in [0.1, 0.15) is 0 Å². The number of aromatic hydroxyl groups is 1. The Morgan fingerprint density at radius 1 is 1.22 bits per heavy atom. The van der Waals surface area contributed by atoms with Gasteiger partial charge in [-0.05, 0) is 31.7 Å². The summed E-state index contributed by atoms with van der Waals surface area (Å²) < 4.78 is 23.6. The molecular formula is C17H18N3O5SY-. The molecule has 1 aromatic carbocycles. The van der Waals surface area contributed by atoms with Gasteiger partial charge in [0.15, 0.2) is 9.77 Å². The molecule has 1 radical (unpaired) electrons. The molecule has 141 valence electrons. The summed E-state index contributed by atoms with van der Waals surface area (Å²) in [6, 6.07) is 9.48. The first-order chi connectivity index (χ1) is 12.1. The number of hydrogen-bond acceptors (Lipinski definition) is 6. The van der Waals surface area contributed by atoms with Crippen molar-refractivity contribution in [1.82, 2.24) is 4.98 Å². The monoisotopic (exact) mass is 465 g/mol. The SMILES string of the molecule is CC(=O)Nc1c[c-]c(NC(=O)C(C)(C)S(=O)(=O)c2ccccn2)cc1O.[Y]. The average Bonchev–Trinajstić information content (AvgIpc) is 2.57. The number of amides is 2. The number of aromatic nitrogens is 1. The van der Waals surface area contributed by atoms with Gasteiger partial charge in [-0.3, -0.25) is 9.59 Å². The molecule has 0 aliphatic heterocycles. The molecule has 0 aliphatic rings. The average molecular weight is 465 g/mol. The zero-order valence-corrected chi connectivity index (χ0v) is 18.6. The number of pyridine rings is 1. The first-order valence-corrected chi connectivity index (χ1v) is 9.03. The van der Waals surface area contributed by atoms with Crippen molar-refractivity contribution in [2.45, 2.75) is 30.5 Å². The van der Waals surface area contributed by atoms with Gasteiger partial charge in [0, 0.05) is 51.6 Å². The van der Waals surface area contributed by atoms with E-state index in [0.717, 1.165) is 6.07 Å². The minimum atomic E-state index is -4.05. The van der Waals surface area contributed by atoms with Gasteiger partial charge in [0.25, 0.3) is 0 Å². The third-order valence-corrected chi connectivity index (χ3v) is 5.94. The van der Waals surface area contributed by atoms with Gasteiger partial charge in [-0.15, -0.1) is 12.1 Å². The van der Waals surface area contributed by atoms with E-state index in [1.807, 2.05) is 0 Å². The van der Waals surface area contributed by atoms with Crippen molar-refractivity contribution < 1.29 is 55.8 Å². The number of carbonyl (C=O) groups is 2. The van der Waals surface area contributed by atoms with Crippen LogP contribution in [0.3, 0.4) is 0 Å². The van der Waals surface area contributed by atoms with Crippen LogP contribution in [-0.2, 0) is 52.1 Å². The Morgan fingerprint density at radius 3 is 2.41 bits per heavy atom. The number of nitrogens with one attached hydrogen (secondary N) is 2. The Kier molecular flexibility index (Phi) is 7.65. The zero-order chi connectivity index (χ0) is 19.5. The van der Waals surface area contributed by atoms with Gasteiger partial charge in [0.05, 0.1) is 0 Å². The van der Waals surface area contributed by atoms with E-state index >= 15 is 0 Å². The molecule has 0 unspecified atom stereocenters. The van der Waals surface area contributed by atoms with Gasteiger partial charge in [0.2, 0.25) is 21.7 Å². The van der Waals surface area contributed by atoms with Crippen molar-refractivity contribution in [3.05, 3.63) is 42.6 Å². The molecule has 3 N–H and O–H groups in total. The molecule has 0 bridgehead atoms. The summed E-state index contributed by atoms with van der Waals surface area (Å²) in [7, 11) is -4.05. The predicted octanol–water partition coefficient (Wildman–Crippen LogP) is 1.73. The van der Waals surface area contributed by atoms with Crippen molar-refractivity contribution in [3.63, 3.8) is 0 Å². The zero-order valence-electron chi connectivity index (χ0n) is 15.0. The first-order valence-electron chi connectivity index (χ1n) is 7.55. The van der Waals surface area contributed by atoms with Crippen LogP contribution in [-0.4, -0.2) is 35.1 Å². The fraction of sp³-hybridized carbons (Fsp3) is 0.235. The minimum absolute atomic E-state index is 0. The normalized spacial score (nSPS) is 11.2. The Hall–Kier alpha value is -1.84. The molecule has 2 aromatic rings. The molecule has 2 amide bonds. The van der Waals surface area contributed by atoms with E-state index in [1.165, 1.54) is 45.2 Å². The molecule has 27 heavy (non-hydrogen) atoms. The topological polar surface area (TPSA) is 125 Å². The van der Waals surface area contributed by atoms with Crippen LogP contribution < -0.4 is 10.6 Å². The van der Waals surface area contributed by atoms with Gasteiger partial charge < -0.3 is 15.7 Å². The van der Waals surface area contributed by atoms with Crippen molar-refractivity contribution in [2.75, 3.05) is 10.6 Å². The summed E-state index contributed by atoms with van der Waals surface area (Å²) in [6.45, 7) is 3.80. The first kappa shape index (κ1) is 23.2. The van der Waals surface area contributed by atoms with Gasteiger partial charge in [-0.2, -0.15) is 6.07 Å². The molecule has 0 spiro atoms. The maximum absolute atomic E-state index is 12.7. The number of carbonyl (C=O) groups excluding carboxylic acids is 2. The predicted molar refractivity (Wildman–Crippen MR) is 95.4 cm³/mol. The second-order valence-corrected chi connectivity index (χ2v) is 8.41. The van der Waals surface area contributed by atoms with Crippen molar-refractivity contribution in [3.8, 4) is 5.75 Å².